The molecule has 0 spiro atoms. The third kappa shape index (κ3) is 6.75. The first kappa shape index (κ1) is 20.9. The molecule has 136 valence electrons. The molecule has 1 aliphatic heterocycles. The maximum absolute atomic E-state index is 12.1. The van der Waals surface area contributed by atoms with Gasteiger partial charge in [-0.05, 0) is 44.7 Å². The largest absolute Gasteiger partial charge is 0.466 e. The van der Waals surface area contributed by atoms with Crippen molar-refractivity contribution in [3.05, 3.63) is 11.1 Å². The first-order valence-corrected chi connectivity index (χ1v) is 9.07. The van der Waals surface area contributed by atoms with Gasteiger partial charge in [0.1, 0.15) is 0 Å². The molecule has 1 saturated heterocycles. The minimum absolute atomic E-state index is 0. The molecule has 0 saturated carbocycles. The first-order chi connectivity index (χ1) is 11.1. The Bertz CT molecular complexity index is 532. The Labute approximate surface area is 153 Å². The molecule has 6 nitrogen and oxygen atoms in total. The number of esters is 1. The number of ether oxygens (including phenoxy) is 1. The topological polar surface area (TPSA) is 80.3 Å². The molecule has 1 amide bonds. The minimum atomic E-state index is -0.296. The fourth-order valence-electron chi connectivity index (χ4n) is 2.85. The summed E-state index contributed by atoms with van der Waals surface area (Å²) in [7, 11) is 0. The number of thiazole rings is 1. The van der Waals surface area contributed by atoms with Gasteiger partial charge in [0.2, 0.25) is 5.91 Å². The van der Waals surface area contributed by atoms with E-state index in [4.69, 9.17) is 4.74 Å². The smallest absolute Gasteiger partial charge is 0.311 e. The van der Waals surface area contributed by atoms with E-state index in [0.29, 0.717) is 35.7 Å². The second kappa shape index (κ2) is 10.6. The van der Waals surface area contributed by atoms with Gasteiger partial charge in [0.05, 0.1) is 18.7 Å². The van der Waals surface area contributed by atoms with Gasteiger partial charge in [-0.3, -0.25) is 9.59 Å². The second-order valence-electron chi connectivity index (χ2n) is 5.94. The summed E-state index contributed by atoms with van der Waals surface area (Å²) in [5.41, 5.74) is 0.634. The van der Waals surface area contributed by atoms with Gasteiger partial charge in [-0.25, -0.2) is 4.98 Å². The molecule has 2 N–H and O–H groups in total. The van der Waals surface area contributed by atoms with Crippen molar-refractivity contribution in [2.45, 2.75) is 39.5 Å². The number of nitrogens with one attached hydrogen (secondary N) is 2. The number of halogens is 1. The zero-order chi connectivity index (χ0) is 16.7. The molecule has 1 aliphatic rings. The highest BCUT2D eigenvalue weighted by Gasteiger charge is 2.22. The molecule has 0 aromatic carbocycles. The Morgan fingerprint density at radius 2 is 2.17 bits per heavy atom. The summed E-state index contributed by atoms with van der Waals surface area (Å²) in [6.07, 6.45) is 2.92. The summed E-state index contributed by atoms with van der Waals surface area (Å²) in [6, 6.07) is 0. The molecule has 1 aromatic rings. The van der Waals surface area contributed by atoms with Crippen LogP contribution in [0, 0.1) is 11.8 Å². The van der Waals surface area contributed by atoms with E-state index in [1.807, 2.05) is 0 Å². The number of aromatic nitrogens is 1. The Hall–Kier alpha value is -1.18. The fourth-order valence-corrected chi connectivity index (χ4v) is 3.57. The molecule has 0 radical (unpaired) electrons. The van der Waals surface area contributed by atoms with Crippen LogP contribution in [-0.2, 0) is 20.7 Å². The molecule has 24 heavy (non-hydrogen) atoms. The summed E-state index contributed by atoms with van der Waals surface area (Å²) >= 11 is 1.34. The van der Waals surface area contributed by atoms with Gasteiger partial charge in [-0.15, -0.1) is 23.7 Å². The van der Waals surface area contributed by atoms with Crippen LogP contribution in [0.4, 0.5) is 5.13 Å². The van der Waals surface area contributed by atoms with Gasteiger partial charge in [0.15, 0.2) is 5.13 Å². The van der Waals surface area contributed by atoms with Crippen LogP contribution in [0.5, 0.6) is 0 Å². The maximum atomic E-state index is 12.1. The van der Waals surface area contributed by atoms with Crippen molar-refractivity contribution in [1.29, 1.82) is 0 Å². The molecular formula is C16H26ClN3O3S. The van der Waals surface area contributed by atoms with E-state index in [1.54, 1.807) is 12.3 Å². The average molecular weight is 376 g/mol. The van der Waals surface area contributed by atoms with E-state index < -0.39 is 0 Å². The van der Waals surface area contributed by atoms with Crippen molar-refractivity contribution in [3.63, 3.8) is 0 Å². The van der Waals surface area contributed by atoms with Crippen molar-refractivity contribution >= 4 is 40.8 Å². The zero-order valence-electron chi connectivity index (χ0n) is 14.2. The molecule has 1 unspecified atom stereocenters. The van der Waals surface area contributed by atoms with Gasteiger partial charge in [0, 0.05) is 11.8 Å². The van der Waals surface area contributed by atoms with Crippen molar-refractivity contribution in [1.82, 2.24) is 10.3 Å². The summed E-state index contributed by atoms with van der Waals surface area (Å²) in [6.45, 7) is 6.36. The van der Waals surface area contributed by atoms with Crippen molar-refractivity contribution in [2.24, 2.45) is 11.8 Å². The highest BCUT2D eigenvalue weighted by atomic mass is 35.5. The van der Waals surface area contributed by atoms with Crippen LogP contribution in [-0.4, -0.2) is 36.6 Å². The molecule has 1 fully saturated rings. The molecule has 0 aliphatic carbocycles. The Kier molecular flexibility index (Phi) is 9.25. The van der Waals surface area contributed by atoms with E-state index in [2.05, 4.69) is 22.5 Å². The highest BCUT2D eigenvalue weighted by molar-refractivity contribution is 7.13. The van der Waals surface area contributed by atoms with Crippen LogP contribution in [0.3, 0.4) is 0 Å². The van der Waals surface area contributed by atoms with Gasteiger partial charge < -0.3 is 15.4 Å². The number of rotatable bonds is 7. The third-order valence-electron chi connectivity index (χ3n) is 4.12. The molecular weight excluding hydrogens is 350 g/mol. The lowest BCUT2D eigenvalue weighted by Crippen LogP contribution is -2.32. The number of piperidine rings is 1. The van der Waals surface area contributed by atoms with Gasteiger partial charge >= 0.3 is 5.97 Å². The number of anilines is 1. The molecule has 2 rings (SSSR count). The van der Waals surface area contributed by atoms with Crippen LogP contribution in [0.15, 0.2) is 5.38 Å². The Balaban J connectivity index is 0.00000288. The van der Waals surface area contributed by atoms with E-state index in [9.17, 15) is 9.59 Å². The van der Waals surface area contributed by atoms with Crippen LogP contribution in [0.25, 0.3) is 0 Å². The summed E-state index contributed by atoms with van der Waals surface area (Å²) in [5, 5.41) is 8.51. The summed E-state index contributed by atoms with van der Waals surface area (Å²) in [4.78, 5) is 27.8. The number of amides is 1. The highest BCUT2D eigenvalue weighted by Crippen LogP contribution is 2.25. The first-order valence-electron chi connectivity index (χ1n) is 8.19. The van der Waals surface area contributed by atoms with E-state index >= 15 is 0 Å². The predicted octanol–water partition coefficient (Wildman–Crippen LogP) is 2.63. The molecule has 0 bridgehead atoms. The average Bonchev–Trinajstić information content (AvgIpc) is 2.95. The maximum Gasteiger partial charge on any atom is 0.311 e. The number of nitrogens with zero attached hydrogens (tertiary/aromatic N) is 1. The summed E-state index contributed by atoms with van der Waals surface area (Å²) < 4.78 is 4.89. The Morgan fingerprint density at radius 3 is 2.83 bits per heavy atom. The van der Waals surface area contributed by atoms with Crippen molar-refractivity contribution in [3.8, 4) is 0 Å². The van der Waals surface area contributed by atoms with Gasteiger partial charge in [-0.2, -0.15) is 0 Å². The molecule has 1 aromatic heterocycles. The Morgan fingerprint density at radius 1 is 1.46 bits per heavy atom. The molecule has 8 heteroatoms. The normalized spacial score (nSPS) is 16.1. The zero-order valence-corrected chi connectivity index (χ0v) is 15.8. The number of hydrogen-bond donors (Lipinski definition) is 2. The number of carbonyl (C=O) groups excluding carboxylic acids is 2. The van der Waals surface area contributed by atoms with Crippen LogP contribution in [0.2, 0.25) is 0 Å². The molecule has 1 atom stereocenters. The number of hydrogen-bond acceptors (Lipinski definition) is 6. The lowest BCUT2D eigenvalue weighted by atomic mass is 9.84. The quantitative estimate of drug-likeness (QED) is 0.716. The van der Waals surface area contributed by atoms with Gasteiger partial charge in [-0.1, -0.05) is 6.92 Å². The van der Waals surface area contributed by atoms with E-state index in [0.717, 1.165) is 25.9 Å². The van der Waals surface area contributed by atoms with E-state index in [1.165, 1.54) is 11.3 Å². The monoisotopic (exact) mass is 375 g/mol. The summed E-state index contributed by atoms with van der Waals surface area (Å²) in [5.74, 6) is 0.678. The lowest BCUT2D eigenvalue weighted by Gasteiger charge is -2.27. The standard InChI is InChI=1S/C16H25N3O3S.ClH/c1-3-22-15(21)9-13-10-23-16(18-13)19-14(20)8-11(2)12-4-6-17-7-5-12;/h10-12,17H,3-9H2,1-2H3,(H,18,19,20);1H. The predicted molar refractivity (Wildman–Crippen MR) is 97.7 cm³/mol. The van der Waals surface area contributed by atoms with Crippen LogP contribution < -0.4 is 10.6 Å². The van der Waals surface area contributed by atoms with Crippen molar-refractivity contribution < 1.29 is 14.3 Å². The number of carbonyl (C=O) groups is 2. The fraction of sp³-hybridized carbons (Fsp3) is 0.688. The van der Waals surface area contributed by atoms with E-state index in [-0.39, 0.29) is 30.7 Å². The lowest BCUT2D eigenvalue weighted by molar-refractivity contribution is -0.142. The van der Waals surface area contributed by atoms with Crippen LogP contribution in [0.1, 0.15) is 38.8 Å². The van der Waals surface area contributed by atoms with Crippen molar-refractivity contribution in [2.75, 3.05) is 25.0 Å². The SMILES string of the molecule is CCOC(=O)Cc1csc(NC(=O)CC(C)C2CCNCC2)n1.Cl. The molecule has 2 heterocycles. The van der Waals surface area contributed by atoms with Gasteiger partial charge in [0.25, 0.3) is 0 Å². The minimum Gasteiger partial charge on any atom is -0.466 e. The third-order valence-corrected chi connectivity index (χ3v) is 4.93. The second-order valence-corrected chi connectivity index (χ2v) is 6.80. The van der Waals surface area contributed by atoms with Crippen LogP contribution >= 0.6 is 23.7 Å².